The van der Waals surface area contributed by atoms with Crippen LogP contribution in [0.3, 0.4) is 0 Å². The molecule has 0 radical (unpaired) electrons. The average molecular weight is 551 g/mol. The fourth-order valence-corrected chi connectivity index (χ4v) is 5.85. The van der Waals surface area contributed by atoms with Gasteiger partial charge in [-0.05, 0) is 72.9 Å². The van der Waals surface area contributed by atoms with Crippen LogP contribution in [0.2, 0.25) is 0 Å². The number of rotatable bonds is 6. The summed E-state index contributed by atoms with van der Waals surface area (Å²) in [6.07, 6.45) is 3.42. The summed E-state index contributed by atoms with van der Waals surface area (Å²) in [4.78, 5) is 39.8. The van der Waals surface area contributed by atoms with Crippen LogP contribution in [0.4, 0.5) is 0 Å². The molecule has 0 atom stereocenters. The number of carboxylic acid groups (broad SMARTS) is 1. The van der Waals surface area contributed by atoms with Crippen molar-refractivity contribution in [2.24, 2.45) is 0 Å². The molecule has 0 saturated carbocycles. The minimum Gasteiger partial charge on any atom is -0.493 e. The third kappa shape index (κ3) is 3.93. The number of methoxy groups -OCH3 is 1. The molecule has 32 heavy (non-hydrogen) atoms. The number of hydrogen-bond donors (Lipinski definition) is 1. The summed E-state index contributed by atoms with van der Waals surface area (Å²) >= 11 is 2.19. The second kappa shape index (κ2) is 9.25. The lowest BCUT2D eigenvalue weighted by atomic mass is 9.71. The SMILES string of the molecule is CCOc1c(I)cc(C2C3=C(CCCC3=O)N(CC(=O)O)C3=C2C(=O)CCC3)cc1OC. The number of aliphatic carboxylic acids is 1. The number of hydrogen-bond acceptors (Lipinski definition) is 6. The molecule has 1 aromatic carbocycles. The fourth-order valence-electron chi connectivity index (χ4n) is 5.07. The molecule has 0 amide bonds. The molecule has 1 aromatic rings. The Labute approximate surface area is 200 Å². The third-order valence-electron chi connectivity index (χ3n) is 6.25. The van der Waals surface area contributed by atoms with Crippen LogP contribution in [0.25, 0.3) is 0 Å². The van der Waals surface area contributed by atoms with Gasteiger partial charge in [0.25, 0.3) is 0 Å². The summed E-state index contributed by atoms with van der Waals surface area (Å²) in [6.45, 7) is 2.15. The number of benzene rings is 1. The van der Waals surface area contributed by atoms with Gasteiger partial charge in [-0.25, -0.2) is 0 Å². The van der Waals surface area contributed by atoms with Crippen molar-refractivity contribution >= 4 is 40.1 Å². The van der Waals surface area contributed by atoms with Crippen LogP contribution in [0.15, 0.2) is 34.7 Å². The summed E-state index contributed by atoms with van der Waals surface area (Å²) in [5.41, 5.74) is 3.44. The molecule has 7 nitrogen and oxygen atoms in total. The highest BCUT2D eigenvalue weighted by atomic mass is 127. The number of carboxylic acids is 1. The molecule has 0 aromatic heterocycles. The summed E-state index contributed by atoms with van der Waals surface area (Å²) in [6, 6.07) is 3.80. The van der Waals surface area contributed by atoms with E-state index in [9.17, 15) is 19.5 Å². The van der Waals surface area contributed by atoms with Crippen molar-refractivity contribution in [2.75, 3.05) is 20.3 Å². The van der Waals surface area contributed by atoms with E-state index in [4.69, 9.17) is 9.47 Å². The molecule has 0 saturated heterocycles. The Morgan fingerprint density at radius 3 is 2.19 bits per heavy atom. The molecule has 4 rings (SSSR count). The standard InChI is InChI=1S/C24H26INO6/c1-3-32-24-14(25)10-13(11-19(24)31-2)21-22-15(6-4-8-17(22)27)26(12-20(29)30)16-7-5-9-18(28)23(16)21/h10-11,21H,3-9,12H2,1-2H3,(H,29,30). The zero-order valence-electron chi connectivity index (χ0n) is 18.2. The van der Waals surface area contributed by atoms with Gasteiger partial charge in [0.05, 0.1) is 17.3 Å². The molecule has 1 heterocycles. The zero-order valence-corrected chi connectivity index (χ0v) is 20.4. The molecule has 1 aliphatic heterocycles. The molecule has 8 heteroatoms. The fraction of sp³-hybridized carbons (Fsp3) is 0.458. The number of ketones is 2. The highest BCUT2D eigenvalue weighted by molar-refractivity contribution is 14.1. The van der Waals surface area contributed by atoms with E-state index in [0.717, 1.165) is 20.5 Å². The quantitative estimate of drug-likeness (QED) is 0.530. The molecule has 0 spiro atoms. The van der Waals surface area contributed by atoms with E-state index < -0.39 is 11.9 Å². The lowest BCUT2D eigenvalue weighted by Crippen LogP contribution is -2.41. The largest absolute Gasteiger partial charge is 0.493 e. The normalized spacial score (nSPS) is 19.2. The van der Waals surface area contributed by atoms with Crippen LogP contribution in [-0.4, -0.2) is 47.8 Å². The zero-order chi connectivity index (χ0) is 23.0. The van der Waals surface area contributed by atoms with Gasteiger partial charge in [-0.2, -0.15) is 0 Å². The first-order valence-corrected chi connectivity index (χ1v) is 12.0. The minimum absolute atomic E-state index is 0.0144. The molecule has 0 bridgehead atoms. The van der Waals surface area contributed by atoms with Gasteiger partial charge in [-0.1, -0.05) is 0 Å². The maximum absolute atomic E-state index is 13.2. The minimum atomic E-state index is -0.976. The molecule has 1 N–H and O–H groups in total. The van der Waals surface area contributed by atoms with E-state index in [0.29, 0.717) is 67.8 Å². The van der Waals surface area contributed by atoms with Crippen LogP contribution < -0.4 is 9.47 Å². The first-order chi connectivity index (χ1) is 15.4. The van der Waals surface area contributed by atoms with E-state index in [1.807, 2.05) is 19.1 Å². The monoisotopic (exact) mass is 551 g/mol. The van der Waals surface area contributed by atoms with E-state index in [-0.39, 0.29) is 18.1 Å². The topological polar surface area (TPSA) is 93.1 Å². The highest BCUT2D eigenvalue weighted by Gasteiger charge is 2.44. The molecular formula is C24H26INO6. The van der Waals surface area contributed by atoms with Gasteiger partial charge in [0.2, 0.25) is 0 Å². The van der Waals surface area contributed by atoms with Crippen molar-refractivity contribution in [1.82, 2.24) is 4.90 Å². The average Bonchev–Trinajstić information content (AvgIpc) is 2.75. The lowest BCUT2D eigenvalue weighted by molar-refractivity contribution is -0.138. The summed E-state index contributed by atoms with van der Waals surface area (Å²) in [7, 11) is 1.57. The van der Waals surface area contributed by atoms with Crippen molar-refractivity contribution in [1.29, 1.82) is 0 Å². The van der Waals surface area contributed by atoms with Crippen molar-refractivity contribution in [2.45, 2.75) is 51.4 Å². The smallest absolute Gasteiger partial charge is 0.323 e. The Kier molecular flexibility index (Phi) is 6.60. The maximum atomic E-state index is 13.2. The van der Waals surface area contributed by atoms with E-state index in [2.05, 4.69) is 22.6 Å². The predicted octanol–water partition coefficient (Wildman–Crippen LogP) is 4.20. The Balaban J connectivity index is 1.96. The Morgan fingerprint density at radius 2 is 1.69 bits per heavy atom. The number of carbonyl (C=O) groups is 3. The number of allylic oxidation sites excluding steroid dienone is 4. The maximum Gasteiger partial charge on any atom is 0.323 e. The molecule has 0 fully saturated rings. The molecule has 170 valence electrons. The van der Waals surface area contributed by atoms with Crippen LogP contribution in [0, 0.1) is 3.57 Å². The molecule has 3 aliphatic rings. The van der Waals surface area contributed by atoms with Gasteiger partial charge in [0.15, 0.2) is 23.1 Å². The van der Waals surface area contributed by atoms with Gasteiger partial charge in [0.1, 0.15) is 6.54 Å². The Hall–Kier alpha value is -2.36. The lowest BCUT2D eigenvalue weighted by Gasteiger charge is -2.43. The number of Topliss-reactive ketones (excluding diaryl/α,β-unsaturated/α-hetero) is 2. The molecule has 2 aliphatic carbocycles. The molecular weight excluding hydrogens is 525 g/mol. The Morgan fingerprint density at radius 1 is 1.09 bits per heavy atom. The second-order valence-corrected chi connectivity index (χ2v) is 9.32. The third-order valence-corrected chi connectivity index (χ3v) is 7.05. The molecule has 0 unspecified atom stereocenters. The van der Waals surface area contributed by atoms with Gasteiger partial charge in [-0.15, -0.1) is 0 Å². The van der Waals surface area contributed by atoms with Crippen molar-refractivity contribution in [3.05, 3.63) is 43.8 Å². The van der Waals surface area contributed by atoms with Crippen molar-refractivity contribution in [3.63, 3.8) is 0 Å². The highest BCUT2D eigenvalue weighted by Crippen LogP contribution is 2.50. The summed E-state index contributed by atoms with van der Waals surface area (Å²) < 4.78 is 12.2. The first kappa shape index (κ1) is 22.8. The van der Waals surface area contributed by atoms with Gasteiger partial charge in [0, 0.05) is 41.3 Å². The number of halogens is 1. The van der Waals surface area contributed by atoms with Crippen molar-refractivity contribution < 1.29 is 29.0 Å². The number of nitrogens with zero attached hydrogens (tertiary/aromatic N) is 1. The summed E-state index contributed by atoms with van der Waals surface area (Å²) in [5.74, 6) is -0.327. The second-order valence-electron chi connectivity index (χ2n) is 8.15. The summed E-state index contributed by atoms with van der Waals surface area (Å²) in [5, 5.41) is 9.56. The predicted molar refractivity (Wildman–Crippen MR) is 126 cm³/mol. The van der Waals surface area contributed by atoms with E-state index >= 15 is 0 Å². The Bertz CT molecular complexity index is 1010. The van der Waals surface area contributed by atoms with Crippen molar-refractivity contribution in [3.8, 4) is 11.5 Å². The van der Waals surface area contributed by atoms with Crippen LogP contribution in [0.1, 0.15) is 56.9 Å². The first-order valence-electron chi connectivity index (χ1n) is 10.9. The number of ether oxygens (including phenoxy) is 2. The van der Waals surface area contributed by atoms with Crippen LogP contribution in [-0.2, 0) is 14.4 Å². The van der Waals surface area contributed by atoms with E-state index in [1.54, 1.807) is 12.0 Å². The van der Waals surface area contributed by atoms with Gasteiger partial charge in [-0.3, -0.25) is 14.4 Å². The number of carbonyl (C=O) groups excluding carboxylic acids is 2. The van der Waals surface area contributed by atoms with E-state index in [1.165, 1.54) is 0 Å². The van der Waals surface area contributed by atoms with Gasteiger partial charge >= 0.3 is 5.97 Å². The van der Waals surface area contributed by atoms with Crippen LogP contribution >= 0.6 is 22.6 Å². The van der Waals surface area contributed by atoms with Crippen LogP contribution in [0.5, 0.6) is 11.5 Å². The van der Waals surface area contributed by atoms with Gasteiger partial charge < -0.3 is 19.5 Å².